The zero-order chi connectivity index (χ0) is 23.1. The van der Waals surface area contributed by atoms with Crippen molar-refractivity contribution in [3.8, 4) is 11.5 Å². The number of fused-ring (bicyclic) bond motifs is 2. The van der Waals surface area contributed by atoms with Crippen LogP contribution in [-0.2, 0) is 11.3 Å². The van der Waals surface area contributed by atoms with Crippen LogP contribution in [0, 0.1) is 16.7 Å². The molecule has 0 aromatic heterocycles. The Morgan fingerprint density at radius 1 is 0.970 bits per heavy atom. The minimum absolute atomic E-state index is 0.195. The Hall–Kier alpha value is -2.33. The van der Waals surface area contributed by atoms with Gasteiger partial charge in [0.2, 0.25) is 5.91 Å². The lowest BCUT2D eigenvalue weighted by atomic mass is 9.65. The molecule has 2 aromatic rings. The zero-order valence-corrected chi connectivity index (χ0v) is 20.4. The number of benzene rings is 2. The molecule has 3 fully saturated rings. The molecular weight excluding hydrogens is 408 g/mol. The van der Waals surface area contributed by atoms with Crippen LogP contribution in [0.2, 0.25) is 0 Å². The Morgan fingerprint density at radius 2 is 1.70 bits per heavy atom. The summed E-state index contributed by atoms with van der Waals surface area (Å²) in [6.45, 7) is 11.0. The maximum absolute atomic E-state index is 13.5. The summed E-state index contributed by atoms with van der Waals surface area (Å²) in [6, 6.07) is 18.8. The van der Waals surface area contributed by atoms with Crippen LogP contribution in [0.25, 0.3) is 0 Å². The van der Waals surface area contributed by atoms with Gasteiger partial charge < -0.3 is 9.64 Å². The van der Waals surface area contributed by atoms with Gasteiger partial charge in [-0.25, -0.2) is 0 Å². The van der Waals surface area contributed by atoms with Gasteiger partial charge in [0.1, 0.15) is 11.5 Å². The molecule has 2 unspecified atom stereocenters. The molecule has 0 N–H and O–H groups in total. The van der Waals surface area contributed by atoms with Crippen LogP contribution in [0.3, 0.4) is 0 Å². The van der Waals surface area contributed by atoms with E-state index >= 15 is 0 Å². The van der Waals surface area contributed by atoms with Gasteiger partial charge in [-0.15, -0.1) is 0 Å². The van der Waals surface area contributed by atoms with Gasteiger partial charge in [0.15, 0.2) is 0 Å². The van der Waals surface area contributed by atoms with Crippen LogP contribution in [-0.4, -0.2) is 41.4 Å². The van der Waals surface area contributed by atoms with Crippen LogP contribution in [0.1, 0.15) is 58.4 Å². The maximum Gasteiger partial charge on any atom is 0.226 e. The third-order valence-corrected chi connectivity index (χ3v) is 7.92. The van der Waals surface area contributed by atoms with E-state index in [2.05, 4.69) is 48.8 Å². The van der Waals surface area contributed by atoms with Gasteiger partial charge >= 0.3 is 0 Å². The van der Waals surface area contributed by atoms with E-state index in [1.54, 1.807) is 0 Å². The highest BCUT2D eigenvalue weighted by atomic mass is 16.5. The predicted octanol–water partition coefficient (Wildman–Crippen LogP) is 6.12. The standard InChI is InChI=1S/C29H38N2O2/c1-28(2)17-24-18-29(3,20-28)21-31(24)27(32)23-12-14-30(15-13-23)19-22-8-7-11-26(16-22)33-25-9-5-4-6-10-25/h4-11,16,23-24H,12-15,17-21H2,1-3H3. The summed E-state index contributed by atoms with van der Waals surface area (Å²) in [6.07, 6.45) is 5.55. The largest absolute Gasteiger partial charge is 0.457 e. The molecule has 2 atom stereocenters. The fourth-order valence-corrected chi connectivity index (χ4v) is 6.88. The molecule has 2 bridgehead atoms. The molecule has 0 radical (unpaired) electrons. The van der Waals surface area contributed by atoms with Crippen molar-refractivity contribution in [3.05, 3.63) is 60.2 Å². The number of amides is 1. The zero-order valence-electron chi connectivity index (χ0n) is 20.4. The van der Waals surface area contributed by atoms with Gasteiger partial charge in [0.05, 0.1) is 0 Å². The van der Waals surface area contributed by atoms with Gasteiger partial charge in [-0.05, 0) is 85.9 Å². The highest BCUT2D eigenvalue weighted by Crippen LogP contribution is 2.52. The first-order valence-electron chi connectivity index (χ1n) is 12.6. The lowest BCUT2D eigenvalue weighted by Gasteiger charge is -2.40. The minimum atomic E-state index is 0.195. The van der Waals surface area contributed by atoms with Crippen LogP contribution >= 0.6 is 0 Å². The van der Waals surface area contributed by atoms with Crippen molar-refractivity contribution in [1.29, 1.82) is 0 Å². The minimum Gasteiger partial charge on any atom is -0.457 e. The quantitative estimate of drug-likeness (QED) is 0.555. The van der Waals surface area contributed by atoms with E-state index in [0.717, 1.165) is 56.9 Å². The Balaban J connectivity index is 1.15. The highest BCUT2D eigenvalue weighted by Gasteiger charge is 2.51. The average Bonchev–Trinajstić information content (AvgIpc) is 3.03. The number of carbonyl (C=O) groups is 1. The van der Waals surface area contributed by atoms with E-state index in [0.29, 0.717) is 22.8 Å². The second kappa shape index (κ2) is 8.79. The Labute approximate surface area is 198 Å². The van der Waals surface area contributed by atoms with E-state index in [1.807, 2.05) is 36.4 Å². The summed E-state index contributed by atoms with van der Waals surface area (Å²) < 4.78 is 6.00. The molecular formula is C29H38N2O2. The molecule has 2 heterocycles. The first kappa shape index (κ1) is 22.5. The second-order valence-electron chi connectivity index (χ2n) is 11.8. The van der Waals surface area contributed by atoms with Crippen molar-refractivity contribution < 1.29 is 9.53 Å². The van der Waals surface area contributed by atoms with Gasteiger partial charge in [-0.3, -0.25) is 9.69 Å². The van der Waals surface area contributed by atoms with Gasteiger partial charge in [0.25, 0.3) is 0 Å². The van der Waals surface area contributed by atoms with Gasteiger partial charge in [-0.1, -0.05) is 51.1 Å². The molecule has 1 saturated carbocycles. The van der Waals surface area contributed by atoms with Crippen molar-refractivity contribution in [2.24, 2.45) is 16.7 Å². The summed E-state index contributed by atoms with van der Waals surface area (Å²) in [5.41, 5.74) is 1.93. The fourth-order valence-electron chi connectivity index (χ4n) is 6.88. The number of hydrogen-bond acceptors (Lipinski definition) is 3. The molecule has 0 spiro atoms. The molecule has 2 aliphatic heterocycles. The van der Waals surface area contributed by atoms with Gasteiger partial charge in [-0.2, -0.15) is 0 Å². The van der Waals surface area contributed by atoms with Crippen LogP contribution in [0.4, 0.5) is 0 Å². The molecule has 33 heavy (non-hydrogen) atoms. The molecule has 1 aliphatic carbocycles. The lowest BCUT2D eigenvalue weighted by Crippen LogP contribution is -2.44. The first-order chi connectivity index (χ1) is 15.8. The summed E-state index contributed by atoms with van der Waals surface area (Å²) in [5.74, 6) is 2.36. The molecule has 4 heteroatoms. The van der Waals surface area contributed by atoms with Crippen molar-refractivity contribution in [1.82, 2.24) is 9.80 Å². The number of nitrogens with zero attached hydrogens (tertiary/aromatic N) is 2. The smallest absolute Gasteiger partial charge is 0.226 e. The van der Waals surface area contributed by atoms with Gasteiger partial charge in [0, 0.05) is 25.0 Å². The topological polar surface area (TPSA) is 32.8 Å². The van der Waals surface area contributed by atoms with Crippen molar-refractivity contribution in [2.75, 3.05) is 19.6 Å². The Bertz CT molecular complexity index is 980. The van der Waals surface area contributed by atoms with E-state index in [1.165, 1.54) is 18.4 Å². The number of hydrogen-bond donors (Lipinski definition) is 0. The van der Waals surface area contributed by atoms with Crippen LogP contribution < -0.4 is 4.74 Å². The summed E-state index contributed by atoms with van der Waals surface area (Å²) in [5, 5.41) is 0. The molecule has 3 aliphatic rings. The van der Waals surface area contributed by atoms with Crippen molar-refractivity contribution in [3.63, 3.8) is 0 Å². The van der Waals surface area contributed by atoms with Crippen LogP contribution in [0.15, 0.2) is 54.6 Å². The molecule has 5 rings (SSSR count). The predicted molar refractivity (Wildman–Crippen MR) is 132 cm³/mol. The molecule has 2 aromatic carbocycles. The summed E-state index contributed by atoms with van der Waals surface area (Å²) in [4.78, 5) is 18.2. The Kier molecular flexibility index (Phi) is 5.98. The van der Waals surface area contributed by atoms with Crippen LogP contribution in [0.5, 0.6) is 11.5 Å². The maximum atomic E-state index is 13.5. The van der Waals surface area contributed by atoms with E-state index < -0.39 is 0 Å². The molecule has 4 nitrogen and oxygen atoms in total. The Morgan fingerprint density at radius 3 is 2.45 bits per heavy atom. The molecule has 176 valence electrons. The molecule has 1 amide bonds. The van der Waals surface area contributed by atoms with Crippen molar-refractivity contribution >= 4 is 5.91 Å². The number of piperidine rings is 1. The third-order valence-electron chi connectivity index (χ3n) is 7.92. The number of ether oxygens (including phenoxy) is 1. The van der Waals surface area contributed by atoms with E-state index in [-0.39, 0.29) is 5.92 Å². The molecule has 2 saturated heterocycles. The first-order valence-corrected chi connectivity index (χ1v) is 12.6. The normalized spacial score (nSPS) is 27.5. The fraction of sp³-hybridized carbons (Fsp3) is 0.552. The highest BCUT2D eigenvalue weighted by molar-refractivity contribution is 5.79. The number of para-hydroxylation sites is 1. The number of carbonyl (C=O) groups excluding carboxylic acids is 1. The average molecular weight is 447 g/mol. The second-order valence-corrected chi connectivity index (χ2v) is 11.8. The SMILES string of the molecule is CC1(C)CC2CC(C)(CN2C(=O)C2CCN(Cc3cccc(Oc4ccccc4)c3)CC2)C1. The summed E-state index contributed by atoms with van der Waals surface area (Å²) in [7, 11) is 0. The van der Waals surface area contributed by atoms with E-state index in [4.69, 9.17) is 4.74 Å². The lowest BCUT2D eigenvalue weighted by molar-refractivity contribution is -0.138. The van der Waals surface area contributed by atoms with Crippen molar-refractivity contribution in [2.45, 2.75) is 65.5 Å². The number of rotatable bonds is 5. The van der Waals surface area contributed by atoms with E-state index in [9.17, 15) is 4.79 Å². The summed E-state index contributed by atoms with van der Waals surface area (Å²) >= 11 is 0. The monoisotopic (exact) mass is 446 g/mol. The third kappa shape index (κ3) is 5.11. The number of likely N-dealkylation sites (tertiary alicyclic amines) is 2.